The molecule has 150 valence electrons. The number of hydrogen-bond acceptors (Lipinski definition) is 6. The maximum absolute atomic E-state index is 12.9. The van der Waals surface area contributed by atoms with Crippen molar-refractivity contribution in [3.05, 3.63) is 54.7 Å². The van der Waals surface area contributed by atoms with E-state index < -0.39 is 21.7 Å². The van der Waals surface area contributed by atoms with Crippen molar-refractivity contribution in [2.45, 2.75) is 18.0 Å². The van der Waals surface area contributed by atoms with Crippen LogP contribution in [0.1, 0.15) is 12.6 Å². The molecule has 4 aromatic heterocycles. The Bertz CT molecular complexity index is 1300. The number of alkyl halides is 3. The zero-order valence-corrected chi connectivity index (χ0v) is 15.7. The van der Waals surface area contributed by atoms with Crippen LogP contribution >= 0.6 is 0 Å². The minimum Gasteiger partial charge on any atom is -0.251 e. The summed E-state index contributed by atoms with van der Waals surface area (Å²) in [5.74, 6) is 0.113. The fourth-order valence-corrected chi connectivity index (χ4v) is 3.71. The van der Waals surface area contributed by atoms with Gasteiger partial charge in [0, 0.05) is 30.2 Å². The molecular formula is C17H13F3N6O2S. The third-order valence-corrected chi connectivity index (χ3v) is 5.92. The summed E-state index contributed by atoms with van der Waals surface area (Å²) in [7, 11) is -3.68. The number of aromatic nitrogens is 6. The van der Waals surface area contributed by atoms with Gasteiger partial charge >= 0.3 is 6.18 Å². The van der Waals surface area contributed by atoms with Crippen LogP contribution in [0, 0.1) is 0 Å². The molecule has 4 aromatic rings. The summed E-state index contributed by atoms with van der Waals surface area (Å²) in [5.41, 5.74) is -1.08. The zero-order chi connectivity index (χ0) is 20.8. The molecule has 0 aliphatic carbocycles. The van der Waals surface area contributed by atoms with Crippen LogP contribution < -0.4 is 0 Å². The molecule has 0 radical (unpaired) electrons. The van der Waals surface area contributed by atoms with Gasteiger partial charge < -0.3 is 0 Å². The molecule has 29 heavy (non-hydrogen) atoms. The van der Waals surface area contributed by atoms with Gasteiger partial charge in [0.1, 0.15) is 10.6 Å². The number of pyridine rings is 2. The highest BCUT2D eigenvalue weighted by Gasteiger charge is 2.33. The van der Waals surface area contributed by atoms with Crippen LogP contribution in [0.4, 0.5) is 13.2 Å². The van der Waals surface area contributed by atoms with Crippen LogP contribution in [0.3, 0.4) is 0 Å². The van der Waals surface area contributed by atoms with E-state index in [2.05, 4.69) is 20.2 Å². The van der Waals surface area contributed by atoms with Gasteiger partial charge in [0.15, 0.2) is 21.5 Å². The molecule has 0 unspecified atom stereocenters. The van der Waals surface area contributed by atoms with Crippen LogP contribution in [0.25, 0.3) is 22.5 Å². The molecule has 0 aliphatic heterocycles. The molecule has 0 spiro atoms. The molecule has 0 aromatic carbocycles. The Labute approximate surface area is 162 Å². The Morgan fingerprint density at radius 2 is 1.97 bits per heavy atom. The van der Waals surface area contributed by atoms with Crippen LogP contribution in [0.5, 0.6) is 0 Å². The Balaban J connectivity index is 1.93. The standard InChI is InChI=1S/C17H13F3N6O2S/c1-2-29(27,28)13-4-5-15(25-7-3-6-22-25)23-16(13)26-10-11-9-21-14(17(18,19)20)8-12(11)24-26/h3-10H,2H2,1H3. The molecule has 0 atom stereocenters. The molecule has 0 aliphatic rings. The first-order valence-electron chi connectivity index (χ1n) is 8.36. The predicted molar refractivity (Wildman–Crippen MR) is 96.5 cm³/mol. The second-order valence-corrected chi connectivity index (χ2v) is 8.29. The maximum Gasteiger partial charge on any atom is 0.433 e. The van der Waals surface area contributed by atoms with Crippen molar-refractivity contribution in [2.75, 3.05) is 5.75 Å². The third kappa shape index (κ3) is 3.46. The smallest absolute Gasteiger partial charge is 0.251 e. The summed E-state index contributed by atoms with van der Waals surface area (Å²) in [4.78, 5) is 7.65. The summed E-state index contributed by atoms with van der Waals surface area (Å²) >= 11 is 0. The largest absolute Gasteiger partial charge is 0.433 e. The van der Waals surface area contributed by atoms with E-state index in [1.807, 2.05) is 0 Å². The molecular weight excluding hydrogens is 409 g/mol. The van der Waals surface area contributed by atoms with Gasteiger partial charge in [0.2, 0.25) is 0 Å². The molecule has 0 bridgehead atoms. The van der Waals surface area contributed by atoms with E-state index in [0.717, 1.165) is 16.9 Å². The third-order valence-electron chi connectivity index (χ3n) is 4.18. The molecule has 4 rings (SSSR count). The molecule has 0 fully saturated rings. The van der Waals surface area contributed by atoms with E-state index in [-0.39, 0.29) is 22.0 Å². The highest BCUT2D eigenvalue weighted by Crippen LogP contribution is 2.30. The Hall–Kier alpha value is -3.28. The average Bonchev–Trinajstić information content (AvgIpc) is 3.36. The van der Waals surface area contributed by atoms with Gasteiger partial charge in [-0.25, -0.2) is 22.8 Å². The van der Waals surface area contributed by atoms with Crippen molar-refractivity contribution in [1.82, 2.24) is 29.5 Å². The number of fused-ring (bicyclic) bond motifs is 1. The SMILES string of the molecule is CCS(=O)(=O)c1ccc(-n2cccn2)nc1-n1cc2cnc(C(F)(F)F)cc2n1. The zero-order valence-electron chi connectivity index (χ0n) is 14.9. The van der Waals surface area contributed by atoms with Crippen LogP contribution in [-0.2, 0) is 16.0 Å². The number of nitrogens with zero attached hydrogens (tertiary/aromatic N) is 6. The van der Waals surface area contributed by atoms with E-state index in [0.29, 0.717) is 11.2 Å². The van der Waals surface area contributed by atoms with Gasteiger partial charge in [-0.05, 0) is 24.3 Å². The van der Waals surface area contributed by atoms with Crippen LogP contribution in [-0.4, -0.2) is 43.7 Å². The van der Waals surface area contributed by atoms with Crippen molar-refractivity contribution in [3.8, 4) is 11.6 Å². The molecule has 8 nitrogen and oxygen atoms in total. The molecule has 0 saturated carbocycles. The van der Waals surface area contributed by atoms with Crippen molar-refractivity contribution >= 4 is 20.7 Å². The summed E-state index contributed by atoms with van der Waals surface area (Å²) in [5, 5.41) is 8.47. The van der Waals surface area contributed by atoms with E-state index in [1.165, 1.54) is 36.1 Å². The lowest BCUT2D eigenvalue weighted by Crippen LogP contribution is -2.13. The van der Waals surface area contributed by atoms with Gasteiger partial charge in [-0.2, -0.15) is 23.4 Å². The topological polar surface area (TPSA) is 95.6 Å². The highest BCUT2D eigenvalue weighted by atomic mass is 32.2. The number of rotatable bonds is 4. The van der Waals surface area contributed by atoms with Crippen molar-refractivity contribution < 1.29 is 21.6 Å². The van der Waals surface area contributed by atoms with E-state index in [1.54, 1.807) is 12.3 Å². The fraction of sp³-hybridized carbons (Fsp3) is 0.176. The van der Waals surface area contributed by atoms with Crippen LogP contribution in [0.2, 0.25) is 0 Å². The Morgan fingerprint density at radius 3 is 2.62 bits per heavy atom. The fourth-order valence-electron chi connectivity index (χ4n) is 2.70. The highest BCUT2D eigenvalue weighted by molar-refractivity contribution is 7.91. The van der Waals surface area contributed by atoms with E-state index in [9.17, 15) is 21.6 Å². The van der Waals surface area contributed by atoms with Gasteiger partial charge in [-0.3, -0.25) is 4.98 Å². The first kappa shape index (κ1) is 19.1. The lowest BCUT2D eigenvalue weighted by atomic mass is 10.3. The molecule has 0 saturated heterocycles. The lowest BCUT2D eigenvalue weighted by Gasteiger charge is -2.10. The monoisotopic (exact) mass is 422 g/mol. The van der Waals surface area contributed by atoms with E-state index in [4.69, 9.17) is 0 Å². The van der Waals surface area contributed by atoms with Crippen molar-refractivity contribution in [2.24, 2.45) is 0 Å². The summed E-state index contributed by atoms with van der Waals surface area (Å²) in [6.45, 7) is 1.49. The normalized spacial score (nSPS) is 12.6. The van der Waals surface area contributed by atoms with Gasteiger partial charge in [0.25, 0.3) is 0 Å². The molecule has 0 N–H and O–H groups in total. The molecule has 0 amide bonds. The minimum atomic E-state index is -4.62. The van der Waals surface area contributed by atoms with Crippen molar-refractivity contribution in [3.63, 3.8) is 0 Å². The van der Waals surface area contributed by atoms with Gasteiger partial charge in [-0.15, -0.1) is 0 Å². The Kier molecular flexibility index (Phi) is 4.37. The number of halogens is 3. The molecule has 4 heterocycles. The van der Waals surface area contributed by atoms with Gasteiger partial charge in [0.05, 0.1) is 11.3 Å². The predicted octanol–water partition coefficient (Wildman–Crippen LogP) is 2.81. The van der Waals surface area contributed by atoms with Crippen LogP contribution in [0.15, 0.2) is 53.9 Å². The lowest BCUT2D eigenvalue weighted by molar-refractivity contribution is -0.141. The van der Waals surface area contributed by atoms with Gasteiger partial charge in [-0.1, -0.05) is 6.92 Å². The minimum absolute atomic E-state index is 0.0125. The summed E-state index contributed by atoms with van der Waals surface area (Å²) in [6.07, 6.45) is 0.954. The summed E-state index contributed by atoms with van der Waals surface area (Å²) < 4.78 is 66.4. The first-order valence-corrected chi connectivity index (χ1v) is 10.0. The average molecular weight is 422 g/mol. The Morgan fingerprint density at radius 1 is 1.17 bits per heavy atom. The van der Waals surface area contributed by atoms with E-state index >= 15 is 0 Å². The number of sulfone groups is 1. The maximum atomic E-state index is 12.9. The first-order chi connectivity index (χ1) is 13.7. The summed E-state index contributed by atoms with van der Waals surface area (Å²) in [6, 6.07) is 5.34. The quantitative estimate of drug-likeness (QED) is 0.502. The second-order valence-electron chi connectivity index (χ2n) is 6.05. The molecule has 12 heteroatoms. The van der Waals surface area contributed by atoms with Crippen molar-refractivity contribution in [1.29, 1.82) is 0 Å². The number of hydrogen-bond donors (Lipinski definition) is 0. The second kappa shape index (κ2) is 6.65.